The molecule has 0 radical (unpaired) electrons. The van der Waals surface area contributed by atoms with Crippen LogP contribution < -0.4 is 10.6 Å². The summed E-state index contributed by atoms with van der Waals surface area (Å²) in [7, 11) is 1.65. The first-order valence-corrected chi connectivity index (χ1v) is 9.23. The van der Waals surface area contributed by atoms with Gasteiger partial charge in [0.05, 0.1) is 19.3 Å². The second-order valence-electron chi connectivity index (χ2n) is 6.94. The van der Waals surface area contributed by atoms with Crippen molar-refractivity contribution in [3.05, 3.63) is 53.9 Å². The van der Waals surface area contributed by atoms with Gasteiger partial charge in [-0.2, -0.15) is 18.3 Å². The first-order chi connectivity index (χ1) is 13.4. The second kappa shape index (κ2) is 10.8. The highest BCUT2D eigenvalue weighted by atomic mass is 127. The molecule has 160 valence electrons. The Labute approximate surface area is 185 Å². The highest BCUT2D eigenvalue weighted by molar-refractivity contribution is 14.0. The van der Waals surface area contributed by atoms with Gasteiger partial charge < -0.3 is 10.6 Å². The zero-order chi connectivity index (χ0) is 20.0. The summed E-state index contributed by atoms with van der Waals surface area (Å²) in [6, 6.07) is 10.0. The molecule has 0 aliphatic carbocycles. The van der Waals surface area contributed by atoms with Crippen LogP contribution in [0.4, 0.5) is 13.2 Å². The van der Waals surface area contributed by atoms with Gasteiger partial charge >= 0.3 is 6.18 Å². The molecule has 0 spiro atoms. The van der Waals surface area contributed by atoms with Gasteiger partial charge in [0.25, 0.3) is 0 Å². The van der Waals surface area contributed by atoms with E-state index in [0.717, 1.165) is 5.56 Å². The lowest BCUT2D eigenvalue weighted by molar-refractivity contribution is -0.143. The highest BCUT2D eigenvalue weighted by Crippen LogP contribution is 2.19. The lowest BCUT2D eigenvalue weighted by Crippen LogP contribution is -2.44. The molecule has 1 aromatic carbocycles. The van der Waals surface area contributed by atoms with E-state index in [9.17, 15) is 13.2 Å². The number of rotatable bonds is 6. The Hall–Kier alpha value is -1.82. The van der Waals surface area contributed by atoms with Gasteiger partial charge in [-0.1, -0.05) is 30.3 Å². The lowest BCUT2D eigenvalue weighted by atomic mass is 10.2. The quantitative estimate of drug-likeness (QED) is 0.348. The van der Waals surface area contributed by atoms with Crippen LogP contribution in [0, 0.1) is 0 Å². The van der Waals surface area contributed by atoms with E-state index in [1.807, 2.05) is 29.1 Å². The van der Waals surface area contributed by atoms with Crippen molar-refractivity contribution in [2.24, 2.45) is 4.99 Å². The summed E-state index contributed by atoms with van der Waals surface area (Å²) < 4.78 is 39.4. The van der Waals surface area contributed by atoms with Crippen molar-refractivity contribution in [2.45, 2.75) is 31.7 Å². The molecular weight excluding hydrogens is 496 g/mol. The molecule has 1 aliphatic heterocycles. The van der Waals surface area contributed by atoms with Crippen molar-refractivity contribution >= 4 is 29.9 Å². The van der Waals surface area contributed by atoms with Crippen LogP contribution in [0.15, 0.2) is 47.7 Å². The van der Waals surface area contributed by atoms with Crippen LogP contribution in [-0.4, -0.2) is 59.5 Å². The molecule has 1 saturated heterocycles. The Morgan fingerprint density at radius 3 is 2.69 bits per heavy atom. The van der Waals surface area contributed by atoms with Crippen LogP contribution in [0.25, 0.3) is 0 Å². The van der Waals surface area contributed by atoms with Gasteiger partial charge in [-0.25, -0.2) is 0 Å². The molecule has 1 aliphatic rings. The molecule has 6 nitrogen and oxygen atoms in total. The van der Waals surface area contributed by atoms with Gasteiger partial charge in [-0.3, -0.25) is 14.6 Å². The van der Waals surface area contributed by atoms with Gasteiger partial charge in [-0.05, 0) is 12.0 Å². The first kappa shape index (κ1) is 23.5. The number of halogens is 4. The van der Waals surface area contributed by atoms with Crippen LogP contribution in [0.5, 0.6) is 0 Å². The Morgan fingerprint density at radius 2 is 2.00 bits per heavy atom. The fourth-order valence-corrected chi connectivity index (χ4v) is 3.28. The van der Waals surface area contributed by atoms with Crippen molar-refractivity contribution in [3.8, 4) is 0 Å². The summed E-state index contributed by atoms with van der Waals surface area (Å²) in [6.07, 6.45) is 0.262. The number of aliphatic imine (C=N–C) groups is 1. The SMILES string of the molecule is CN=C(NCc1cnn(Cc2ccccc2)c1)NC1CCN(CC(F)(F)F)C1.I. The van der Waals surface area contributed by atoms with E-state index in [0.29, 0.717) is 38.6 Å². The fraction of sp³-hybridized carbons (Fsp3) is 0.474. The van der Waals surface area contributed by atoms with E-state index in [1.54, 1.807) is 13.2 Å². The Bertz CT molecular complexity index is 778. The average Bonchev–Trinajstić information content (AvgIpc) is 3.27. The van der Waals surface area contributed by atoms with E-state index in [2.05, 4.69) is 32.9 Å². The lowest BCUT2D eigenvalue weighted by Gasteiger charge is -2.19. The minimum Gasteiger partial charge on any atom is -0.352 e. The zero-order valence-corrected chi connectivity index (χ0v) is 18.5. The van der Waals surface area contributed by atoms with E-state index in [-0.39, 0.29) is 30.0 Å². The van der Waals surface area contributed by atoms with Crippen molar-refractivity contribution in [3.63, 3.8) is 0 Å². The van der Waals surface area contributed by atoms with E-state index >= 15 is 0 Å². The molecule has 10 heteroatoms. The fourth-order valence-electron chi connectivity index (χ4n) is 3.28. The number of hydrogen-bond donors (Lipinski definition) is 2. The van der Waals surface area contributed by atoms with E-state index < -0.39 is 12.7 Å². The smallest absolute Gasteiger partial charge is 0.352 e. The average molecular weight is 522 g/mol. The summed E-state index contributed by atoms with van der Waals surface area (Å²) in [5.74, 6) is 0.578. The molecule has 0 saturated carbocycles. The van der Waals surface area contributed by atoms with Gasteiger partial charge in [0.1, 0.15) is 0 Å². The van der Waals surface area contributed by atoms with Crippen molar-refractivity contribution in [1.82, 2.24) is 25.3 Å². The second-order valence-corrected chi connectivity index (χ2v) is 6.94. The summed E-state index contributed by atoms with van der Waals surface area (Å²) in [4.78, 5) is 5.58. The maximum absolute atomic E-state index is 12.5. The molecular formula is C19H26F3IN6. The van der Waals surface area contributed by atoms with Crippen molar-refractivity contribution in [1.29, 1.82) is 0 Å². The molecule has 1 aromatic heterocycles. The highest BCUT2D eigenvalue weighted by Gasteiger charge is 2.34. The van der Waals surface area contributed by atoms with Crippen LogP contribution in [0.2, 0.25) is 0 Å². The van der Waals surface area contributed by atoms with Gasteiger partial charge in [0.15, 0.2) is 5.96 Å². The maximum Gasteiger partial charge on any atom is 0.401 e. The van der Waals surface area contributed by atoms with Crippen molar-refractivity contribution in [2.75, 3.05) is 26.7 Å². The molecule has 2 N–H and O–H groups in total. The number of benzene rings is 1. The topological polar surface area (TPSA) is 57.5 Å². The van der Waals surface area contributed by atoms with Gasteiger partial charge in [0.2, 0.25) is 0 Å². The first-order valence-electron chi connectivity index (χ1n) is 9.23. The summed E-state index contributed by atoms with van der Waals surface area (Å²) in [6.45, 7) is 1.16. The standard InChI is InChI=1S/C19H25F3N6.HI/c1-23-18(26-17-7-8-27(13-17)14-19(20,21)22)24-9-16-10-25-28(12-16)11-15-5-3-2-4-6-15;/h2-6,10,12,17H,7-9,11,13-14H2,1H3,(H2,23,24,26);1H. The molecule has 0 bridgehead atoms. The number of guanidine groups is 1. The number of aromatic nitrogens is 2. The molecule has 1 atom stereocenters. The number of hydrogen-bond acceptors (Lipinski definition) is 3. The number of nitrogens with one attached hydrogen (secondary N) is 2. The van der Waals surface area contributed by atoms with Crippen LogP contribution >= 0.6 is 24.0 Å². The van der Waals surface area contributed by atoms with Crippen molar-refractivity contribution < 1.29 is 13.2 Å². The molecule has 1 fully saturated rings. The van der Waals surface area contributed by atoms with E-state index in [1.165, 1.54) is 10.5 Å². The van der Waals surface area contributed by atoms with Crippen LogP contribution in [-0.2, 0) is 13.1 Å². The largest absolute Gasteiger partial charge is 0.401 e. The maximum atomic E-state index is 12.5. The molecule has 0 amide bonds. The van der Waals surface area contributed by atoms with Gasteiger partial charge in [-0.15, -0.1) is 24.0 Å². The molecule has 29 heavy (non-hydrogen) atoms. The Kier molecular flexibility index (Phi) is 8.75. The number of alkyl halides is 3. The Morgan fingerprint density at radius 1 is 1.24 bits per heavy atom. The molecule has 2 aromatic rings. The Balaban J connectivity index is 0.00000300. The third-order valence-corrected chi connectivity index (χ3v) is 4.57. The van der Waals surface area contributed by atoms with Crippen LogP contribution in [0.1, 0.15) is 17.5 Å². The molecule has 1 unspecified atom stereocenters. The minimum atomic E-state index is -4.16. The molecule has 2 heterocycles. The minimum absolute atomic E-state index is 0. The number of nitrogens with zero attached hydrogens (tertiary/aromatic N) is 4. The predicted molar refractivity (Wildman–Crippen MR) is 117 cm³/mol. The summed E-state index contributed by atoms with van der Waals surface area (Å²) in [5, 5.41) is 10.8. The predicted octanol–water partition coefficient (Wildman–Crippen LogP) is 2.85. The summed E-state index contributed by atoms with van der Waals surface area (Å²) in [5.41, 5.74) is 2.18. The number of likely N-dealkylation sites (tertiary alicyclic amines) is 1. The monoisotopic (exact) mass is 522 g/mol. The molecule has 3 rings (SSSR count). The third-order valence-electron chi connectivity index (χ3n) is 4.57. The third kappa shape index (κ3) is 7.84. The normalized spacial score (nSPS) is 17.8. The zero-order valence-electron chi connectivity index (χ0n) is 16.2. The van der Waals surface area contributed by atoms with Crippen LogP contribution in [0.3, 0.4) is 0 Å². The van der Waals surface area contributed by atoms with Gasteiger partial charge in [0, 0.05) is 44.5 Å². The summed E-state index contributed by atoms with van der Waals surface area (Å²) >= 11 is 0. The van der Waals surface area contributed by atoms with E-state index in [4.69, 9.17) is 0 Å².